The van der Waals surface area contributed by atoms with Gasteiger partial charge in [0.05, 0.1) is 7.11 Å². The highest BCUT2D eigenvalue weighted by atomic mass is 16.5. The first-order valence-electron chi connectivity index (χ1n) is 7.27. The Hall–Kier alpha value is -2.30. The van der Waals surface area contributed by atoms with Gasteiger partial charge in [0.15, 0.2) is 6.61 Å². The van der Waals surface area contributed by atoms with E-state index in [4.69, 9.17) is 4.74 Å². The number of amides is 1. The summed E-state index contributed by atoms with van der Waals surface area (Å²) in [6.07, 6.45) is 3.54. The molecule has 0 saturated heterocycles. The quantitative estimate of drug-likeness (QED) is 0.455. The maximum Gasteiger partial charge on any atom is 0.330 e. The molecule has 0 radical (unpaired) electrons. The Morgan fingerprint density at radius 3 is 2.77 bits per heavy atom. The maximum absolute atomic E-state index is 11.6. The van der Waals surface area contributed by atoms with Gasteiger partial charge in [-0.1, -0.05) is 32.1 Å². The second-order valence-electron chi connectivity index (χ2n) is 5.08. The van der Waals surface area contributed by atoms with Gasteiger partial charge in [0.1, 0.15) is 5.75 Å². The van der Waals surface area contributed by atoms with E-state index in [-0.39, 0.29) is 12.5 Å². The molecule has 0 heterocycles. The van der Waals surface area contributed by atoms with E-state index in [0.717, 1.165) is 0 Å². The van der Waals surface area contributed by atoms with Gasteiger partial charge in [-0.15, -0.1) is 0 Å². The van der Waals surface area contributed by atoms with Gasteiger partial charge in [0.25, 0.3) is 5.91 Å². The largest absolute Gasteiger partial charge is 0.484 e. The molecule has 1 aromatic carbocycles. The smallest absolute Gasteiger partial charge is 0.330 e. The molecule has 0 aliphatic carbocycles. The highest BCUT2D eigenvalue weighted by Gasteiger charge is 2.04. The van der Waals surface area contributed by atoms with Crippen molar-refractivity contribution in [1.29, 1.82) is 0 Å². The summed E-state index contributed by atoms with van der Waals surface area (Å²) >= 11 is 0. The zero-order chi connectivity index (χ0) is 16.4. The molecule has 0 aliphatic heterocycles. The standard InChI is InChI=1S/C17H23NO4/c1-13(2)14-7-6-8-15(11-14)22-12-16(19)18-10-5-4-9-17(20)21-3/h4,6-9,11,13H,5,10,12H2,1-3H3,(H,18,19)/b9-4+. The van der Waals surface area contributed by atoms with Gasteiger partial charge in [-0.25, -0.2) is 4.79 Å². The first-order chi connectivity index (χ1) is 10.5. The summed E-state index contributed by atoms with van der Waals surface area (Å²) in [6.45, 7) is 4.63. The Morgan fingerprint density at radius 1 is 1.32 bits per heavy atom. The summed E-state index contributed by atoms with van der Waals surface area (Å²) in [5.74, 6) is 0.507. The molecule has 120 valence electrons. The van der Waals surface area contributed by atoms with Crippen molar-refractivity contribution in [2.24, 2.45) is 0 Å². The van der Waals surface area contributed by atoms with Gasteiger partial charge < -0.3 is 14.8 Å². The Morgan fingerprint density at radius 2 is 2.09 bits per heavy atom. The van der Waals surface area contributed by atoms with Crippen molar-refractivity contribution >= 4 is 11.9 Å². The van der Waals surface area contributed by atoms with E-state index < -0.39 is 5.97 Å². The van der Waals surface area contributed by atoms with Crippen LogP contribution in [0.3, 0.4) is 0 Å². The van der Waals surface area contributed by atoms with Crippen LogP contribution >= 0.6 is 0 Å². The van der Waals surface area contributed by atoms with E-state index in [1.54, 1.807) is 6.08 Å². The fourth-order valence-electron chi connectivity index (χ4n) is 1.71. The number of nitrogens with one attached hydrogen (secondary N) is 1. The molecular weight excluding hydrogens is 282 g/mol. The van der Waals surface area contributed by atoms with Crippen LogP contribution in [0.5, 0.6) is 5.75 Å². The average Bonchev–Trinajstić information content (AvgIpc) is 2.52. The summed E-state index contributed by atoms with van der Waals surface area (Å²) < 4.78 is 9.93. The van der Waals surface area contributed by atoms with Crippen LogP contribution < -0.4 is 10.1 Å². The lowest BCUT2D eigenvalue weighted by Crippen LogP contribution is -2.29. The zero-order valence-electron chi connectivity index (χ0n) is 13.3. The molecule has 0 aliphatic rings. The van der Waals surface area contributed by atoms with Crippen LogP contribution in [0.4, 0.5) is 0 Å². The second kappa shape index (κ2) is 9.60. The van der Waals surface area contributed by atoms with E-state index in [1.807, 2.05) is 24.3 Å². The molecule has 5 nitrogen and oxygen atoms in total. The van der Waals surface area contributed by atoms with Crippen molar-refractivity contribution in [3.8, 4) is 5.75 Å². The number of esters is 1. The fourth-order valence-corrected chi connectivity index (χ4v) is 1.71. The van der Waals surface area contributed by atoms with Gasteiger partial charge in [-0.05, 0) is 30.0 Å². The van der Waals surface area contributed by atoms with Crippen molar-refractivity contribution < 1.29 is 19.1 Å². The van der Waals surface area contributed by atoms with E-state index >= 15 is 0 Å². The van der Waals surface area contributed by atoms with Crippen LogP contribution in [0, 0.1) is 0 Å². The summed E-state index contributed by atoms with van der Waals surface area (Å²) in [5.41, 5.74) is 1.17. The van der Waals surface area contributed by atoms with Crippen LogP contribution in [-0.4, -0.2) is 32.1 Å². The summed E-state index contributed by atoms with van der Waals surface area (Å²) in [4.78, 5) is 22.5. The topological polar surface area (TPSA) is 64.6 Å². The van der Waals surface area contributed by atoms with E-state index in [2.05, 4.69) is 23.9 Å². The van der Waals surface area contributed by atoms with Gasteiger partial charge in [0.2, 0.25) is 0 Å². The monoisotopic (exact) mass is 305 g/mol. The van der Waals surface area contributed by atoms with E-state index in [9.17, 15) is 9.59 Å². The lowest BCUT2D eigenvalue weighted by molar-refractivity contribution is -0.134. The van der Waals surface area contributed by atoms with Crippen LogP contribution in [0.2, 0.25) is 0 Å². The third kappa shape index (κ3) is 6.92. The molecule has 0 unspecified atom stereocenters. The SMILES string of the molecule is COC(=O)/C=C/CCNC(=O)COc1cccc(C(C)C)c1. The van der Waals surface area contributed by atoms with Gasteiger partial charge in [0, 0.05) is 12.6 Å². The number of methoxy groups -OCH3 is 1. The molecule has 0 bridgehead atoms. The Bertz CT molecular complexity index is 523. The Kier molecular flexibility index (Phi) is 7.75. The van der Waals surface area contributed by atoms with Crippen molar-refractivity contribution in [2.75, 3.05) is 20.3 Å². The van der Waals surface area contributed by atoms with Crippen molar-refractivity contribution in [1.82, 2.24) is 5.32 Å². The fraction of sp³-hybridized carbons (Fsp3) is 0.412. The van der Waals surface area contributed by atoms with Crippen LogP contribution in [0.1, 0.15) is 31.7 Å². The first-order valence-corrected chi connectivity index (χ1v) is 7.27. The van der Waals surface area contributed by atoms with Gasteiger partial charge >= 0.3 is 5.97 Å². The van der Waals surface area contributed by atoms with Crippen LogP contribution in [0.15, 0.2) is 36.4 Å². The molecule has 1 amide bonds. The van der Waals surface area contributed by atoms with Crippen molar-refractivity contribution in [3.05, 3.63) is 42.0 Å². The maximum atomic E-state index is 11.6. The Balaban J connectivity index is 2.27. The average molecular weight is 305 g/mol. The number of ether oxygens (including phenoxy) is 2. The number of rotatable bonds is 8. The molecule has 0 saturated carbocycles. The van der Waals surface area contributed by atoms with E-state index in [0.29, 0.717) is 24.6 Å². The van der Waals surface area contributed by atoms with Gasteiger partial charge in [-0.3, -0.25) is 4.79 Å². The predicted molar refractivity (Wildman–Crippen MR) is 84.8 cm³/mol. The third-order valence-corrected chi connectivity index (χ3v) is 2.98. The normalized spacial score (nSPS) is 10.7. The number of benzene rings is 1. The first kappa shape index (κ1) is 17.8. The molecule has 1 N–H and O–H groups in total. The molecular formula is C17H23NO4. The van der Waals surface area contributed by atoms with Gasteiger partial charge in [-0.2, -0.15) is 0 Å². The Labute approximate surface area is 131 Å². The number of carbonyl (C=O) groups excluding carboxylic acids is 2. The zero-order valence-corrected chi connectivity index (χ0v) is 13.3. The summed E-state index contributed by atoms with van der Waals surface area (Å²) in [5, 5.41) is 2.71. The van der Waals surface area contributed by atoms with E-state index in [1.165, 1.54) is 18.7 Å². The molecule has 0 aromatic heterocycles. The minimum atomic E-state index is -0.403. The molecule has 5 heteroatoms. The molecule has 22 heavy (non-hydrogen) atoms. The van der Waals surface area contributed by atoms with Crippen LogP contribution in [-0.2, 0) is 14.3 Å². The summed E-state index contributed by atoms with van der Waals surface area (Å²) in [6, 6.07) is 7.72. The molecule has 0 fully saturated rings. The molecule has 0 atom stereocenters. The van der Waals surface area contributed by atoms with Crippen molar-refractivity contribution in [3.63, 3.8) is 0 Å². The third-order valence-electron chi connectivity index (χ3n) is 2.98. The number of hydrogen-bond donors (Lipinski definition) is 1. The predicted octanol–water partition coefficient (Wildman–Crippen LogP) is 2.42. The number of hydrogen-bond acceptors (Lipinski definition) is 4. The summed E-state index contributed by atoms with van der Waals surface area (Å²) in [7, 11) is 1.32. The lowest BCUT2D eigenvalue weighted by Gasteiger charge is -2.10. The highest BCUT2D eigenvalue weighted by molar-refractivity contribution is 5.81. The number of carbonyl (C=O) groups is 2. The highest BCUT2D eigenvalue weighted by Crippen LogP contribution is 2.19. The molecule has 1 aromatic rings. The molecule has 1 rings (SSSR count). The molecule has 0 spiro atoms. The van der Waals surface area contributed by atoms with Crippen LogP contribution in [0.25, 0.3) is 0 Å². The minimum absolute atomic E-state index is 0.0255. The lowest BCUT2D eigenvalue weighted by atomic mass is 10.0. The van der Waals surface area contributed by atoms with Crippen molar-refractivity contribution in [2.45, 2.75) is 26.2 Å². The second-order valence-corrected chi connectivity index (χ2v) is 5.08. The minimum Gasteiger partial charge on any atom is -0.484 e.